The van der Waals surface area contributed by atoms with Gasteiger partial charge in [0.1, 0.15) is 6.54 Å². The van der Waals surface area contributed by atoms with E-state index in [1.807, 2.05) is 17.0 Å². The van der Waals surface area contributed by atoms with Gasteiger partial charge >= 0.3 is 0 Å². The average molecular weight is 443 g/mol. The third-order valence-corrected chi connectivity index (χ3v) is 6.21. The van der Waals surface area contributed by atoms with Gasteiger partial charge in [-0.3, -0.25) is 19.4 Å². The van der Waals surface area contributed by atoms with Crippen LogP contribution >= 0.6 is 0 Å². The van der Waals surface area contributed by atoms with Crippen LogP contribution < -0.4 is 9.64 Å². The molecule has 0 atom stereocenters. The highest BCUT2D eigenvalue weighted by Gasteiger charge is 2.32. The van der Waals surface area contributed by atoms with Crippen molar-refractivity contribution < 1.29 is 14.3 Å². The molecule has 7 nitrogen and oxygen atoms in total. The first-order chi connectivity index (χ1) is 16.2. The second kappa shape index (κ2) is 9.42. The largest absolute Gasteiger partial charge is 0.480 e. The molecular formula is C26H26N4O3. The Morgan fingerprint density at radius 1 is 0.879 bits per heavy atom. The van der Waals surface area contributed by atoms with Gasteiger partial charge in [0, 0.05) is 32.4 Å². The molecule has 0 spiro atoms. The number of piperazine rings is 1. The lowest BCUT2D eigenvalue weighted by Gasteiger charge is -2.40. The molecule has 2 aliphatic rings. The summed E-state index contributed by atoms with van der Waals surface area (Å²) in [5, 5.41) is 0. The third kappa shape index (κ3) is 4.45. The molecule has 2 aromatic carbocycles. The van der Waals surface area contributed by atoms with Crippen molar-refractivity contribution in [3.8, 4) is 5.75 Å². The number of pyridine rings is 1. The van der Waals surface area contributed by atoms with Crippen LogP contribution in [0.1, 0.15) is 17.2 Å². The molecule has 1 fully saturated rings. The molecule has 1 saturated heterocycles. The van der Waals surface area contributed by atoms with E-state index in [9.17, 15) is 9.59 Å². The first-order valence-corrected chi connectivity index (χ1v) is 11.2. The molecule has 7 heteroatoms. The molecule has 168 valence electrons. The second-order valence-corrected chi connectivity index (χ2v) is 8.23. The highest BCUT2D eigenvalue weighted by molar-refractivity contribution is 6.01. The Hall–Kier alpha value is -3.71. The number of benzene rings is 2. The molecule has 0 radical (unpaired) electrons. The zero-order chi connectivity index (χ0) is 22.6. The molecule has 0 saturated carbocycles. The standard InChI is InChI=1S/C26H26N4O3/c31-23(18-30-24(32)19-33-22-12-7-13-27-26(22)30)28-14-16-29(17-15-28)25(20-8-3-1-4-9-20)21-10-5-2-6-11-21/h1-13,25H,14-19H2. The highest BCUT2D eigenvalue weighted by atomic mass is 16.5. The van der Waals surface area contributed by atoms with Crippen LogP contribution in [0, 0.1) is 0 Å². The van der Waals surface area contributed by atoms with Crippen molar-refractivity contribution in [2.45, 2.75) is 6.04 Å². The van der Waals surface area contributed by atoms with E-state index < -0.39 is 0 Å². The van der Waals surface area contributed by atoms with Gasteiger partial charge in [-0.25, -0.2) is 4.98 Å². The van der Waals surface area contributed by atoms with E-state index in [0.717, 1.165) is 13.1 Å². The molecular weight excluding hydrogens is 416 g/mol. The van der Waals surface area contributed by atoms with E-state index in [-0.39, 0.29) is 31.0 Å². The normalized spacial score (nSPS) is 16.5. The maximum Gasteiger partial charge on any atom is 0.266 e. The molecule has 1 aromatic heterocycles. The lowest BCUT2D eigenvalue weighted by Crippen LogP contribution is -2.53. The molecule has 3 heterocycles. The van der Waals surface area contributed by atoms with E-state index in [1.54, 1.807) is 18.3 Å². The molecule has 0 aliphatic carbocycles. The number of amides is 2. The zero-order valence-corrected chi connectivity index (χ0v) is 18.3. The minimum atomic E-state index is -0.249. The summed E-state index contributed by atoms with van der Waals surface area (Å²) in [7, 11) is 0. The summed E-state index contributed by atoms with van der Waals surface area (Å²) >= 11 is 0. The van der Waals surface area contributed by atoms with Gasteiger partial charge in [0.15, 0.2) is 18.2 Å². The highest BCUT2D eigenvalue weighted by Crippen LogP contribution is 2.31. The van der Waals surface area contributed by atoms with Crippen molar-refractivity contribution in [1.82, 2.24) is 14.8 Å². The van der Waals surface area contributed by atoms with Crippen molar-refractivity contribution in [2.75, 3.05) is 44.2 Å². The maximum atomic E-state index is 13.1. The minimum absolute atomic E-state index is 0.0208. The summed E-state index contributed by atoms with van der Waals surface area (Å²) in [6, 6.07) is 24.6. The van der Waals surface area contributed by atoms with Crippen molar-refractivity contribution in [2.24, 2.45) is 0 Å². The van der Waals surface area contributed by atoms with E-state index in [4.69, 9.17) is 4.74 Å². The van der Waals surface area contributed by atoms with E-state index in [0.29, 0.717) is 24.7 Å². The monoisotopic (exact) mass is 442 g/mol. The SMILES string of the molecule is O=C(CN1C(=O)COc2cccnc21)N1CCN(C(c2ccccc2)c2ccccc2)CC1. The topological polar surface area (TPSA) is 66.0 Å². The van der Waals surface area contributed by atoms with Crippen LogP contribution in [0.25, 0.3) is 0 Å². The number of anilines is 1. The van der Waals surface area contributed by atoms with Gasteiger partial charge in [-0.05, 0) is 23.3 Å². The summed E-state index contributed by atoms with van der Waals surface area (Å²) < 4.78 is 5.43. The van der Waals surface area contributed by atoms with Crippen LogP contribution in [0.5, 0.6) is 5.75 Å². The lowest BCUT2D eigenvalue weighted by atomic mass is 9.96. The Bertz CT molecular complexity index is 1080. The van der Waals surface area contributed by atoms with Crippen LogP contribution in [-0.4, -0.2) is 65.9 Å². The second-order valence-electron chi connectivity index (χ2n) is 8.23. The van der Waals surface area contributed by atoms with Crippen LogP contribution in [0.4, 0.5) is 5.82 Å². The smallest absolute Gasteiger partial charge is 0.266 e. The molecule has 2 aliphatic heterocycles. The molecule has 0 unspecified atom stereocenters. The van der Waals surface area contributed by atoms with Gasteiger partial charge in [-0.15, -0.1) is 0 Å². The Labute approximate surface area is 193 Å². The van der Waals surface area contributed by atoms with Crippen molar-refractivity contribution in [1.29, 1.82) is 0 Å². The summed E-state index contributed by atoms with van der Waals surface area (Å²) in [5.74, 6) is 0.621. The maximum absolute atomic E-state index is 13.1. The fraction of sp³-hybridized carbons (Fsp3) is 0.269. The number of carbonyl (C=O) groups is 2. The number of hydrogen-bond acceptors (Lipinski definition) is 5. The Kier molecular flexibility index (Phi) is 6.04. The van der Waals surface area contributed by atoms with Gasteiger partial charge in [0.05, 0.1) is 6.04 Å². The minimum Gasteiger partial charge on any atom is -0.480 e. The quantitative estimate of drug-likeness (QED) is 0.608. The van der Waals surface area contributed by atoms with Crippen molar-refractivity contribution in [3.05, 3.63) is 90.1 Å². The number of hydrogen-bond donors (Lipinski definition) is 0. The van der Waals surface area contributed by atoms with Gasteiger partial charge in [-0.2, -0.15) is 0 Å². The Morgan fingerprint density at radius 2 is 1.52 bits per heavy atom. The predicted molar refractivity (Wildman–Crippen MR) is 125 cm³/mol. The van der Waals surface area contributed by atoms with Crippen molar-refractivity contribution >= 4 is 17.6 Å². The van der Waals surface area contributed by atoms with Gasteiger partial charge in [0.25, 0.3) is 5.91 Å². The van der Waals surface area contributed by atoms with E-state index >= 15 is 0 Å². The number of rotatable bonds is 5. The van der Waals surface area contributed by atoms with E-state index in [1.165, 1.54) is 16.0 Å². The molecule has 3 aromatic rings. The number of aromatic nitrogens is 1. The van der Waals surface area contributed by atoms with Crippen LogP contribution in [0.3, 0.4) is 0 Å². The number of nitrogens with zero attached hydrogens (tertiary/aromatic N) is 4. The summed E-state index contributed by atoms with van der Waals surface area (Å²) in [4.78, 5) is 35.4. The molecule has 0 N–H and O–H groups in total. The van der Waals surface area contributed by atoms with Crippen LogP contribution in [0.2, 0.25) is 0 Å². The summed E-state index contributed by atoms with van der Waals surface area (Å²) in [6.45, 7) is 2.64. The van der Waals surface area contributed by atoms with Gasteiger partial charge in [-0.1, -0.05) is 60.7 Å². The van der Waals surface area contributed by atoms with Crippen LogP contribution in [-0.2, 0) is 9.59 Å². The van der Waals surface area contributed by atoms with Crippen molar-refractivity contribution in [3.63, 3.8) is 0 Å². The summed E-state index contributed by atoms with van der Waals surface area (Å²) in [5.41, 5.74) is 2.48. The fourth-order valence-electron chi connectivity index (χ4n) is 4.55. The molecule has 33 heavy (non-hydrogen) atoms. The summed E-state index contributed by atoms with van der Waals surface area (Å²) in [6.07, 6.45) is 1.60. The molecule has 2 amide bonds. The first-order valence-electron chi connectivity index (χ1n) is 11.2. The number of ether oxygens (including phenoxy) is 1. The molecule has 5 rings (SSSR count). The molecule has 0 bridgehead atoms. The Balaban J connectivity index is 1.28. The number of carbonyl (C=O) groups excluding carboxylic acids is 2. The van der Waals surface area contributed by atoms with Gasteiger partial charge in [0.2, 0.25) is 5.91 Å². The lowest BCUT2D eigenvalue weighted by molar-refractivity contribution is -0.133. The average Bonchev–Trinajstić information content (AvgIpc) is 2.87. The fourth-order valence-corrected chi connectivity index (χ4v) is 4.55. The first kappa shape index (κ1) is 21.2. The number of fused-ring (bicyclic) bond motifs is 1. The zero-order valence-electron chi connectivity index (χ0n) is 18.3. The Morgan fingerprint density at radius 3 is 2.15 bits per heavy atom. The van der Waals surface area contributed by atoms with Gasteiger partial charge < -0.3 is 9.64 Å². The third-order valence-electron chi connectivity index (χ3n) is 6.21. The predicted octanol–water partition coefficient (Wildman–Crippen LogP) is 2.74. The van der Waals surface area contributed by atoms with E-state index in [2.05, 4.69) is 58.4 Å². The van der Waals surface area contributed by atoms with Crippen LogP contribution in [0.15, 0.2) is 79.0 Å².